The first-order valence-corrected chi connectivity index (χ1v) is 12.1. The Morgan fingerprint density at radius 1 is 1.05 bits per heavy atom. The first-order chi connectivity index (χ1) is 18.5. The van der Waals surface area contributed by atoms with E-state index in [2.05, 4.69) is 25.3 Å². The Kier molecular flexibility index (Phi) is 6.68. The lowest BCUT2D eigenvalue weighted by Crippen LogP contribution is -2.43. The minimum atomic E-state index is -4.69. The van der Waals surface area contributed by atoms with Gasteiger partial charge in [-0.1, -0.05) is 0 Å². The van der Waals surface area contributed by atoms with Crippen LogP contribution in [0.15, 0.2) is 63.6 Å². The van der Waals surface area contributed by atoms with Crippen LogP contribution < -0.4 is 22.3 Å². The average molecular weight is 539 g/mol. The van der Waals surface area contributed by atoms with E-state index in [1.165, 1.54) is 26.2 Å². The summed E-state index contributed by atoms with van der Waals surface area (Å²) in [6.07, 6.45) is -0.962. The topological polar surface area (TPSA) is 135 Å². The molecule has 4 aromatic heterocycles. The molecule has 13 heteroatoms. The van der Waals surface area contributed by atoms with Gasteiger partial charge in [-0.25, -0.2) is 14.8 Å². The molecule has 0 amide bonds. The maximum Gasteiger partial charge on any atom is 0.418 e. The molecule has 5 heterocycles. The van der Waals surface area contributed by atoms with Crippen LogP contribution in [0.1, 0.15) is 13.8 Å². The molecule has 0 spiro atoms. The minimum absolute atomic E-state index is 0.00583. The van der Waals surface area contributed by atoms with E-state index < -0.39 is 23.0 Å². The third kappa shape index (κ3) is 5.00. The second kappa shape index (κ2) is 9.98. The Morgan fingerprint density at radius 2 is 1.79 bits per heavy atom. The van der Waals surface area contributed by atoms with Crippen molar-refractivity contribution in [2.45, 2.75) is 20.0 Å². The molecule has 1 saturated heterocycles. The normalized spacial score (nSPS) is 15.6. The Bertz CT molecular complexity index is 1750. The van der Waals surface area contributed by atoms with E-state index in [1.54, 1.807) is 29.2 Å². The van der Waals surface area contributed by atoms with E-state index >= 15 is 0 Å². The number of H-pyrrole nitrogens is 1. The zero-order valence-corrected chi connectivity index (χ0v) is 21.1. The van der Waals surface area contributed by atoms with E-state index in [0.29, 0.717) is 48.8 Å². The van der Waals surface area contributed by atoms with Crippen molar-refractivity contribution in [3.63, 3.8) is 0 Å². The predicted octanol–water partition coefficient (Wildman–Crippen LogP) is 2.88. The summed E-state index contributed by atoms with van der Waals surface area (Å²) in [5, 5.41) is 3.13. The highest BCUT2D eigenvalue weighted by atomic mass is 19.4. The second-order valence-corrected chi connectivity index (χ2v) is 9.17. The number of anilines is 1. The maximum atomic E-state index is 14.3. The number of aromatic nitrogens is 5. The Morgan fingerprint density at radius 3 is 2.46 bits per heavy atom. The van der Waals surface area contributed by atoms with Crippen LogP contribution in [-0.4, -0.2) is 61.8 Å². The van der Waals surface area contributed by atoms with Crippen molar-refractivity contribution >= 4 is 33.5 Å². The van der Waals surface area contributed by atoms with Crippen molar-refractivity contribution in [3.8, 4) is 11.3 Å². The van der Waals surface area contributed by atoms with Gasteiger partial charge in [0.05, 0.1) is 27.7 Å². The molecule has 0 unspecified atom stereocenters. The zero-order chi connectivity index (χ0) is 27.9. The third-order valence-corrected chi connectivity index (χ3v) is 6.65. The molecule has 0 saturated carbocycles. The van der Waals surface area contributed by atoms with Gasteiger partial charge in [0.25, 0.3) is 5.56 Å². The number of hydrogen-bond acceptors (Lipinski definition) is 8. The molecule has 202 valence electrons. The number of nitrogens with two attached hydrogens (primary N) is 1. The molecule has 0 aliphatic carbocycles. The van der Waals surface area contributed by atoms with E-state index in [-0.39, 0.29) is 27.8 Å². The van der Waals surface area contributed by atoms with E-state index in [0.717, 1.165) is 10.6 Å². The summed E-state index contributed by atoms with van der Waals surface area (Å²) in [5.41, 5.74) is 4.83. The van der Waals surface area contributed by atoms with Crippen molar-refractivity contribution in [1.29, 1.82) is 0 Å². The van der Waals surface area contributed by atoms with Crippen molar-refractivity contribution in [2.75, 3.05) is 31.9 Å². The standard InChI is InChI=1S/C26H25F3N8O2/c1-14(11-18(26(27,28)29)15(2)36-9-7-31-8-10-36)37-23-17(24(38)35-25(37)39)13-32-20-5-4-19(34-22(20)23)16-3-6-21(30)33-12-16/h3-6,11-13,31H,7-10H2,1-2H3,(H2,30,33)(H,35,38,39)/b14-11+,18-15-. The summed E-state index contributed by atoms with van der Waals surface area (Å²) in [6.45, 7) is 4.76. The lowest BCUT2D eigenvalue weighted by molar-refractivity contribution is -0.0902. The number of alkyl halides is 3. The van der Waals surface area contributed by atoms with Gasteiger partial charge in [-0.05, 0) is 44.2 Å². The van der Waals surface area contributed by atoms with Crippen molar-refractivity contribution < 1.29 is 13.2 Å². The van der Waals surface area contributed by atoms with Crippen LogP contribution in [0.2, 0.25) is 0 Å². The quantitative estimate of drug-likeness (QED) is 0.267. The van der Waals surface area contributed by atoms with Crippen LogP contribution in [0.5, 0.6) is 0 Å². The summed E-state index contributed by atoms with van der Waals surface area (Å²) in [7, 11) is 0. The molecule has 10 nitrogen and oxygen atoms in total. The fraction of sp³-hybridized carbons (Fsp3) is 0.269. The molecule has 1 fully saturated rings. The van der Waals surface area contributed by atoms with Gasteiger partial charge >= 0.3 is 11.9 Å². The number of nitrogens with one attached hydrogen (secondary N) is 2. The lowest BCUT2D eigenvalue weighted by atomic mass is 10.1. The van der Waals surface area contributed by atoms with Crippen LogP contribution in [0.3, 0.4) is 0 Å². The number of rotatable bonds is 4. The number of allylic oxidation sites excluding steroid dienone is 4. The summed E-state index contributed by atoms with van der Waals surface area (Å²) in [4.78, 5) is 42.7. The zero-order valence-electron chi connectivity index (χ0n) is 21.1. The van der Waals surface area contributed by atoms with Crippen LogP contribution in [-0.2, 0) is 0 Å². The number of aromatic amines is 1. The Hall–Kier alpha value is -4.52. The molecule has 0 radical (unpaired) electrons. The van der Waals surface area contributed by atoms with Gasteiger partial charge in [-0.15, -0.1) is 0 Å². The third-order valence-electron chi connectivity index (χ3n) is 6.65. The highest BCUT2D eigenvalue weighted by Crippen LogP contribution is 2.33. The average Bonchev–Trinajstić information content (AvgIpc) is 2.91. The van der Waals surface area contributed by atoms with Crippen LogP contribution in [0.4, 0.5) is 19.0 Å². The molecule has 1 aliphatic rings. The van der Waals surface area contributed by atoms with Gasteiger partial charge in [-0.3, -0.25) is 19.3 Å². The predicted molar refractivity (Wildman–Crippen MR) is 143 cm³/mol. The molecule has 0 aromatic carbocycles. The second-order valence-electron chi connectivity index (χ2n) is 9.17. The molecular formula is C26H25F3N8O2. The van der Waals surface area contributed by atoms with Crippen molar-refractivity contribution in [1.82, 2.24) is 34.7 Å². The first kappa shape index (κ1) is 26.1. The summed E-state index contributed by atoms with van der Waals surface area (Å²) in [6, 6.07) is 6.65. The van der Waals surface area contributed by atoms with Crippen molar-refractivity contribution in [3.05, 3.63) is 74.8 Å². The van der Waals surface area contributed by atoms with Gasteiger partial charge in [-0.2, -0.15) is 13.2 Å². The highest BCUT2D eigenvalue weighted by molar-refractivity contribution is 6.02. The fourth-order valence-electron chi connectivity index (χ4n) is 4.66. The van der Waals surface area contributed by atoms with E-state index in [1.807, 2.05) is 0 Å². The Balaban J connectivity index is 1.78. The van der Waals surface area contributed by atoms with Crippen LogP contribution >= 0.6 is 0 Å². The lowest BCUT2D eigenvalue weighted by Gasteiger charge is -2.31. The highest BCUT2D eigenvalue weighted by Gasteiger charge is 2.36. The van der Waals surface area contributed by atoms with Crippen LogP contribution in [0.25, 0.3) is 38.9 Å². The number of halogens is 3. The summed E-state index contributed by atoms with van der Waals surface area (Å²) < 4.78 is 43.9. The number of piperazine rings is 1. The van der Waals surface area contributed by atoms with Gasteiger partial charge in [0.1, 0.15) is 11.3 Å². The number of nitrogen functional groups attached to an aromatic ring is 1. The largest absolute Gasteiger partial charge is 0.418 e. The monoisotopic (exact) mass is 538 g/mol. The van der Waals surface area contributed by atoms with Gasteiger partial charge in [0.15, 0.2) is 0 Å². The fourth-order valence-corrected chi connectivity index (χ4v) is 4.66. The van der Waals surface area contributed by atoms with Gasteiger partial charge in [0, 0.05) is 55.5 Å². The molecule has 4 N–H and O–H groups in total. The molecular weight excluding hydrogens is 513 g/mol. The van der Waals surface area contributed by atoms with Crippen LogP contribution in [0, 0.1) is 0 Å². The van der Waals surface area contributed by atoms with Gasteiger partial charge < -0.3 is 16.0 Å². The molecule has 1 aliphatic heterocycles. The molecule has 4 aromatic rings. The number of pyridine rings is 3. The molecule has 0 atom stereocenters. The number of fused-ring (bicyclic) bond motifs is 3. The SMILES string of the molecule is C/C(=C(\C=C(/C)n1c(=O)[nH]c(=O)c2cnc3ccc(-c4ccc(N)nc4)nc3c21)C(F)(F)F)N1CCNCC1. The number of hydrogen-bond donors (Lipinski definition) is 3. The summed E-state index contributed by atoms with van der Waals surface area (Å²) in [5.74, 6) is 0.317. The van der Waals surface area contributed by atoms with Gasteiger partial charge in [0.2, 0.25) is 0 Å². The maximum absolute atomic E-state index is 14.3. The minimum Gasteiger partial charge on any atom is -0.384 e. The smallest absolute Gasteiger partial charge is 0.384 e. The number of nitrogens with zero attached hydrogens (tertiary/aromatic N) is 5. The summed E-state index contributed by atoms with van der Waals surface area (Å²) >= 11 is 0. The molecule has 5 rings (SSSR count). The van der Waals surface area contributed by atoms with Crippen molar-refractivity contribution in [2.24, 2.45) is 0 Å². The first-order valence-electron chi connectivity index (χ1n) is 12.1. The Labute approximate surface area is 219 Å². The molecule has 39 heavy (non-hydrogen) atoms. The van der Waals surface area contributed by atoms with E-state index in [4.69, 9.17) is 5.73 Å². The molecule has 0 bridgehead atoms. The van der Waals surface area contributed by atoms with E-state index in [9.17, 15) is 22.8 Å².